The number of rotatable bonds is 6. The minimum Gasteiger partial charge on any atom is -0.464 e. The molecular weight excluding hydrogens is 425 g/mol. The SMILES string of the molecule is CCOC(=O)c1cn2c(NCc3c(F)ccc4occc34)ncc(-c3cccnc3C)c2n1. The van der Waals surface area contributed by atoms with E-state index in [1.807, 2.05) is 19.1 Å². The Bertz CT molecular complexity index is 1490. The van der Waals surface area contributed by atoms with E-state index in [2.05, 4.69) is 20.3 Å². The van der Waals surface area contributed by atoms with Gasteiger partial charge < -0.3 is 14.5 Å². The summed E-state index contributed by atoms with van der Waals surface area (Å²) in [4.78, 5) is 25.8. The quantitative estimate of drug-likeness (QED) is 0.376. The van der Waals surface area contributed by atoms with Crippen LogP contribution < -0.4 is 5.32 Å². The van der Waals surface area contributed by atoms with Crippen molar-refractivity contribution in [1.29, 1.82) is 0 Å². The lowest BCUT2D eigenvalue weighted by Gasteiger charge is -2.12. The van der Waals surface area contributed by atoms with Crippen LogP contribution in [0.4, 0.5) is 10.3 Å². The van der Waals surface area contributed by atoms with Gasteiger partial charge >= 0.3 is 5.97 Å². The van der Waals surface area contributed by atoms with E-state index in [-0.39, 0.29) is 24.7 Å². The number of anilines is 1. The van der Waals surface area contributed by atoms with E-state index in [1.165, 1.54) is 12.3 Å². The van der Waals surface area contributed by atoms with E-state index >= 15 is 0 Å². The highest BCUT2D eigenvalue weighted by atomic mass is 19.1. The summed E-state index contributed by atoms with van der Waals surface area (Å²) in [7, 11) is 0. The molecule has 33 heavy (non-hydrogen) atoms. The van der Waals surface area contributed by atoms with E-state index < -0.39 is 5.97 Å². The number of esters is 1. The van der Waals surface area contributed by atoms with Crippen molar-refractivity contribution in [3.8, 4) is 11.1 Å². The van der Waals surface area contributed by atoms with Gasteiger partial charge in [-0.05, 0) is 38.1 Å². The van der Waals surface area contributed by atoms with Crippen LogP contribution in [-0.2, 0) is 11.3 Å². The number of ether oxygens (including phenoxy) is 1. The first-order chi connectivity index (χ1) is 16.1. The molecule has 0 radical (unpaired) electrons. The van der Waals surface area contributed by atoms with Gasteiger partial charge in [-0.3, -0.25) is 9.38 Å². The number of imidazole rings is 1. The van der Waals surface area contributed by atoms with Gasteiger partial charge in [0.05, 0.1) is 12.9 Å². The van der Waals surface area contributed by atoms with E-state index in [0.29, 0.717) is 33.7 Å². The Labute approximate surface area is 188 Å². The zero-order valence-corrected chi connectivity index (χ0v) is 18.0. The van der Waals surface area contributed by atoms with Gasteiger partial charge in [0.2, 0.25) is 5.95 Å². The number of halogens is 1. The van der Waals surface area contributed by atoms with Crippen molar-refractivity contribution in [2.24, 2.45) is 0 Å². The second kappa shape index (κ2) is 8.34. The molecule has 0 aliphatic heterocycles. The van der Waals surface area contributed by atoms with Gasteiger partial charge in [-0.25, -0.2) is 19.2 Å². The summed E-state index contributed by atoms with van der Waals surface area (Å²) in [6, 6.07) is 8.44. The first-order valence-corrected chi connectivity index (χ1v) is 10.4. The highest BCUT2D eigenvalue weighted by Crippen LogP contribution is 2.29. The van der Waals surface area contributed by atoms with Gasteiger partial charge in [-0.1, -0.05) is 6.07 Å². The minimum atomic E-state index is -0.532. The normalized spacial score (nSPS) is 11.2. The number of fused-ring (bicyclic) bond motifs is 2. The number of hydrogen-bond acceptors (Lipinski definition) is 7. The van der Waals surface area contributed by atoms with E-state index in [4.69, 9.17) is 9.15 Å². The van der Waals surface area contributed by atoms with Crippen LogP contribution in [0.5, 0.6) is 0 Å². The summed E-state index contributed by atoms with van der Waals surface area (Å²) in [5.41, 5.74) is 4.07. The van der Waals surface area contributed by atoms with Crippen molar-refractivity contribution in [3.63, 3.8) is 0 Å². The van der Waals surface area contributed by atoms with Crippen molar-refractivity contribution in [2.45, 2.75) is 20.4 Å². The first-order valence-electron chi connectivity index (χ1n) is 10.4. The fraction of sp³-hybridized carbons (Fsp3) is 0.167. The Morgan fingerprint density at radius 3 is 2.91 bits per heavy atom. The van der Waals surface area contributed by atoms with Gasteiger partial charge in [-0.2, -0.15) is 0 Å². The van der Waals surface area contributed by atoms with Crippen LogP contribution in [0, 0.1) is 12.7 Å². The molecule has 0 aliphatic carbocycles. The molecule has 1 N–H and O–H groups in total. The Kier molecular flexibility index (Phi) is 5.21. The third kappa shape index (κ3) is 3.67. The number of hydrogen-bond donors (Lipinski definition) is 1. The Morgan fingerprint density at radius 1 is 1.21 bits per heavy atom. The van der Waals surface area contributed by atoms with Crippen molar-refractivity contribution in [3.05, 3.63) is 78.0 Å². The van der Waals surface area contributed by atoms with E-state index in [1.54, 1.807) is 42.0 Å². The zero-order chi connectivity index (χ0) is 22.9. The van der Waals surface area contributed by atoms with Crippen LogP contribution in [-0.4, -0.2) is 31.9 Å². The molecule has 4 heterocycles. The molecule has 0 atom stereocenters. The molecule has 0 aliphatic rings. The van der Waals surface area contributed by atoms with Crippen molar-refractivity contribution >= 4 is 28.5 Å². The number of aromatic nitrogens is 4. The number of benzene rings is 1. The summed E-state index contributed by atoms with van der Waals surface area (Å²) in [6.07, 6.45) is 6.46. The van der Waals surface area contributed by atoms with Crippen LogP contribution in [0.2, 0.25) is 0 Å². The van der Waals surface area contributed by atoms with Crippen LogP contribution in [0.3, 0.4) is 0 Å². The molecule has 0 unspecified atom stereocenters. The summed E-state index contributed by atoms with van der Waals surface area (Å²) in [6.45, 7) is 4.01. The van der Waals surface area contributed by atoms with Crippen LogP contribution in [0.1, 0.15) is 28.7 Å². The van der Waals surface area contributed by atoms with Crippen LogP contribution >= 0.6 is 0 Å². The molecule has 0 fully saturated rings. The fourth-order valence-corrected chi connectivity index (χ4v) is 3.79. The molecule has 0 spiro atoms. The molecule has 0 saturated heterocycles. The molecule has 0 bridgehead atoms. The Morgan fingerprint density at radius 2 is 2.09 bits per heavy atom. The molecule has 0 saturated carbocycles. The molecule has 166 valence electrons. The third-order valence-electron chi connectivity index (χ3n) is 5.39. The van der Waals surface area contributed by atoms with Crippen molar-refractivity contribution in [2.75, 3.05) is 11.9 Å². The van der Waals surface area contributed by atoms with Gasteiger partial charge in [0.15, 0.2) is 5.69 Å². The molecule has 4 aromatic heterocycles. The number of carbonyl (C=O) groups excluding carboxylic acids is 1. The molecule has 9 heteroatoms. The molecule has 0 amide bonds. The maximum Gasteiger partial charge on any atom is 0.358 e. The van der Waals surface area contributed by atoms with Crippen LogP contribution in [0.25, 0.3) is 27.7 Å². The molecular formula is C24H20FN5O3. The third-order valence-corrected chi connectivity index (χ3v) is 5.39. The molecule has 5 rings (SSSR count). The topological polar surface area (TPSA) is 94.6 Å². The lowest BCUT2D eigenvalue weighted by atomic mass is 10.1. The zero-order valence-electron chi connectivity index (χ0n) is 18.0. The lowest BCUT2D eigenvalue weighted by molar-refractivity contribution is 0.0520. The summed E-state index contributed by atoms with van der Waals surface area (Å²) in [5, 5.41) is 3.85. The average Bonchev–Trinajstić information content (AvgIpc) is 3.47. The lowest BCUT2D eigenvalue weighted by Crippen LogP contribution is -2.08. The van der Waals surface area contributed by atoms with E-state index in [9.17, 15) is 9.18 Å². The smallest absolute Gasteiger partial charge is 0.358 e. The number of pyridine rings is 1. The van der Waals surface area contributed by atoms with Gasteiger partial charge in [0.25, 0.3) is 0 Å². The van der Waals surface area contributed by atoms with Crippen molar-refractivity contribution < 1.29 is 18.3 Å². The molecule has 8 nitrogen and oxygen atoms in total. The average molecular weight is 445 g/mol. The van der Waals surface area contributed by atoms with Gasteiger partial charge in [-0.15, -0.1) is 0 Å². The summed E-state index contributed by atoms with van der Waals surface area (Å²) < 4.78 is 26.7. The Balaban J connectivity index is 1.59. The second-order valence-corrected chi connectivity index (χ2v) is 7.38. The highest BCUT2D eigenvalue weighted by molar-refractivity contribution is 5.90. The van der Waals surface area contributed by atoms with E-state index in [0.717, 1.165) is 11.3 Å². The monoisotopic (exact) mass is 445 g/mol. The maximum absolute atomic E-state index is 14.5. The number of aryl methyl sites for hydroxylation is 1. The van der Waals surface area contributed by atoms with Crippen molar-refractivity contribution in [1.82, 2.24) is 19.4 Å². The predicted molar refractivity (Wildman–Crippen MR) is 120 cm³/mol. The number of nitrogens with zero attached hydrogens (tertiary/aromatic N) is 4. The second-order valence-electron chi connectivity index (χ2n) is 7.38. The minimum absolute atomic E-state index is 0.152. The first kappa shape index (κ1) is 20.6. The number of carbonyl (C=O) groups is 1. The largest absolute Gasteiger partial charge is 0.464 e. The van der Waals surface area contributed by atoms with Crippen LogP contribution in [0.15, 0.2) is 59.6 Å². The van der Waals surface area contributed by atoms with Gasteiger partial charge in [0.1, 0.15) is 17.0 Å². The molecule has 1 aromatic carbocycles. The van der Waals surface area contributed by atoms with Gasteiger partial charge in [0, 0.05) is 52.9 Å². The maximum atomic E-state index is 14.5. The number of furan rings is 1. The summed E-state index contributed by atoms with van der Waals surface area (Å²) >= 11 is 0. The predicted octanol–water partition coefficient (Wildman–Crippen LogP) is 4.77. The highest BCUT2D eigenvalue weighted by Gasteiger charge is 2.19. The standard InChI is InChI=1S/C24H20FN5O3/c1-3-32-23(31)20-13-30-22(29-20)18(15-5-4-9-26-14(15)2)12-28-24(30)27-11-17-16-8-10-33-21(16)7-6-19(17)25/h4-10,12-13H,3,11H2,1-2H3,(H,27,28). The fourth-order valence-electron chi connectivity index (χ4n) is 3.79. The summed E-state index contributed by atoms with van der Waals surface area (Å²) in [5.74, 6) is -0.485. The Hall–Kier alpha value is -4.27. The molecule has 5 aromatic rings. The number of nitrogens with one attached hydrogen (secondary N) is 1.